The molecule has 0 amide bonds. The van der Waals surface area contributed by atoms with E-state index in [0.29, 0.717) is 23.8 Å². The minimum absolute atomic E-state index is 0.0734. The second-order valence-corrected chi connectivity index (χ2v) is 4.62. The van der Waals surface area contributed by atoms with Crippen molar-refractivity contribution in [1.29, 1.82) is 0 Å². The number of allylic oxidation sites excluding steroid dienone is 2. The van der Waals surface area contributed by atoms with Crippen LogP contribution in [0.25, 0.3) is 17.2 Å². The van der Waals surface area contributed by atoms with Gasteiger partial charge in [-0.25, -0.2) is 0 Å². The standard InChI is InChI=1S/C18H16O3/c1-2-4-13-6-8-17(20)15(11-13)16-12-14(5-3-10-19)7-9-18(16)21/h2-3,5-12,20-21H,1,4H2. The first kappa shape index (κ1) is 14.6. The summed E-state index contributed by atoms with van der Waals surface area (Å²) in [5.41, 5.74) is 2.83. The molecule has 3 nitrogen and oxygen atoms in total. The number of carbonyl (C=O) groups excluding carboxylic acids is 1. The van der Waals surface area contributed by atoms with E-state index in [1.54, 1.807) is 36.4 Å². The van der Waals surface area contributed by atoms with Crippen LogP contribution < -0.4 is 0 Å². The molecule has 2 aromatic carbocycles. The Bertz CT molecular complexity index is 700. The molecule has 0 radical (unpaired) electrons. The molecule has 0 heterocycles. The summed E-state index contributed by atoms with van der Waals surface area (Å²) in [4.78, 5) is 10.4. The van der Waals surface area contributed by atoms with E-state index in [0.717, 1.165) is 11.1 Å². The van der Waals surface area contributed by atoms with Crippen LogP contribution >= 0.6 is 0 Å². The SMILES string of the molecule is C=CCc1ccc(O)c(-c2cc(C=CC=O)ccc2O)c1. The van der Waals surface area contributed by atoms with E-state index in [2.05, 4.69) is 6.58 Å². The van der Waals surface area contributed by atoms with Crippen molar-refractivity contribution in [2.75, 3.05) is 0 Å². The molecule has 2 rings (SSSR count). The molecule has 0 aliphatic heterocycles. The molecule has 106 valence electrons. The zero-order valence-electron chi connectivity index (χ0n) is 11.5. The van der Waals surface area contributed by atoms with E-state index in [9.17, 15) is 15.0 Å². The topological polar surface area (TPSA) is 57.5 Å². The molecule has 0 spiro atoms. The number of phenolic OH excluding ortho intramolecular Hbond substituents is 2. The smallest absolute Gasteiger partial charge is 0.142 e. The molecule has 2 N–H and O–H groups in total. The van der Waals surface area contributed by atoms with Gasteiger partial charge in [0.15, 0.2) is 0 Å². The predicted molar refractivity (Wildman–Crippen MR) is 84.2 cm³/mol. The van der Waals surface area contributed by atoms with Gasteiger partial charge >= 0.3 is 0 Å². The molecule has 0 aliphatic rings. The summed E-state index contributed by atoms with van der Waals surface area (Å²) < 4.78 is 0. The number of aromatic hydroxyl groups is 2. The average molecular weight is 280 g/mol. The van der Waals surface area contributed by atoms with Gasteiger partial charge < -0.3 is 10.2 Å². The van der Waals surface area contributed by atoms with E-state index in [1.807, 2.05) is 12.1 Å². The summed E-state index contributed by atoms with van der Waals surface area (Å²) in [6, 6.07) is 10.2. The predicted octanol–water partition coefficient (Wildman–Crippen LogP) is 3.71. The fraction of sp³-hybridized carbons (Fsp3) is 0.0556. The first-order valence-corrected chi connectivity index (χ1v) is 6.53. The molecule has 0 unspecified atom stereocenters. The van der Waals surface area contributed by atoms with Crippen molar-refractivity contribution in [2.24, 2.45) is 0 Å². The Morgan fingerprint density at radius 2 is 1.67 bits per heavy atom. The van der Waals surface area contributed by atoms with E-state index < -0.39 is 0 Å². The van der Waals surface area contributed by atoms with Crippen LogP contribution in [0.3, 0.4) is 0 Å². The molecule has 0 fully saturated rings. The maximum absolute atomic E-state index is 10.4. The van der Waals surface area contributed by atoms with Crippen LogP contribution in [0, 0.1) is 0 Å². The molecule has 0 aromatic heterocycles. The molecular formula is C18H16O3. The van der Waals surface area contributed by atoms with Crippen LogP contribution in [0.2, 0.25) is 0 Å². The van der Waals surface area contributed by atoms with Crippen LogP contribution in [-0.2, 0) is 11.2 Å². The largest absolute Gasteiger partial charge is 0.507 e. The number of carbonyl (C=O) groups is 1. The first-order chi connectivity index (χ1) is 10.2. The van der Waals surface area contributed by atoms with Crippen molar-refractivity contribution in [3.63, 3.8) is 0 Å². The summed E-state index contributed by atoms with van der Waals surface area (Å²) >= 11 is 0. The van der Waals surface area contributed by atoms with E-state index in [1.165, 1.54) is 6.08 Å². The number of phenols is 2. The molecule has 2 aromatic rings. The number of aldehydes is 1. The van der Waals surface area contributed by atoms with Gasteiger partial charge in [-0.3, -0.25) is 4.79 Å². The van der Waals surface area contributed by atoms with Crippen LogP contribution in [0.5, 0.6) is 11.5 Å². The lowest BCUT2D eigenvalue weighted by Crippen LogP contribution is -1.87. The minimum Gasteiger partial charge on any atom is -0.507 e. The molecule has 0 atom stereocenters. The highest BCUT2D eigenvalue weighted by Gasteiger charge is 2.10. The molecular weight excluding hydrogens is 264 g/mol. The van der Waals surface area contributed by atoms with Crippen LogP contribution in [0.15, 0.2) is 55.1 Å². The summed E-state index contributed by atoms with van der Waals surface area (Å²) in [7, 11) is 0. The Hall–Kier alpha value is -2.81. The molecule has 3 heteroatoms. The summed E-state index contributed by atoms with van der Waals surface area (Å²) in [6.07, 6.45) is 6.16. The molecule has 21 heavy (non-hydrogen) atoms. The summed E-state index contributed by atoms with van der Waals surface area (Å²) in [6.45, 7) is 3.69. The lowest BCUT2D eigenvalue weighted by atomic mass is 9.98. The van der Waals surface area contributed by atoms with Crippen molar-refractivity contribution >= 4 is 12.4 Å². The van der Waals surface area contributed by atoms with Crippen molar-refractivity contribution in [1.82, 2.24) is 0 Å². The lowest BCUT2D eigenvalue weighted by molar-refractivity contribution is -0.104. The summed E-state index contributed by atoms with van der Waals surface area (Å²) in [5, 5.41) is 20.1. The van der Waals surface area contributed by atoms with E-state index >= 15 is 0 Å². The molecule has 0 saturated carbocycles. The van der Waals surface area contributed by atoms with Gasteiger partial charge in [-0.05, 0) is 47.9 Å². The van der Waals surface area contributed by atoms with Gasteiger partial charge in [0, 0.05) is 11.1 Å². The zero-order chi connectivity index (χ0) is 15.2. The van der Waals surface area contributed by atoms with Crippen molar-refractivity contribution < 1.29 is 15.0 Å². The van der Waals surface area contributed by atoms with Gasteiger partial charge in [0.25, 0.3) is 0 Å². The number of hydrogen-bond donors (Lipinski definition) is 2. The fourth-order valence-electron chi connectivity index (χ4n) is 2.12. The number of benzene rings is 2. The quantitative estimate of drug-likeness (QED) is 0.499. The average Bonchev–Trinajstić information content (AvgIpc) is 2.49. The third kappa shape index (κ3) is 3.39. The van der Waals surface area contributed by atoms with Gasteiger partial charge in [0.05, 0.1) is 0 Å². The Labute approximate surface area is 123 Å². The van der Waals surface area contributed by atoms with Crippen molar-refractivity contribution in [3.8, 4) is 22.6 Å². The van der Waals surface area contributed by atoms with Gasteiger partial charge in [-0.1, -0.05) is 24.3 Å². The summed E-state index contributed by atoms with van der Waals surface area (Å²) in [5.74, 6) is 0.166. The highest BCUT2D eigenvalue weighted by atomic mass is 16.3. The Morgan fingerprint density at radius 3 is 2.33 bits per heavy atom. The Balaban J connectivity index is 2.54. The Kier molecular flexibility index (Phi) is 4.57. The van der Waals surface area contributed by atoms with Crippen LogP contribution in [0.4, 0.5) is 0 Å². The van der Waals surface area contributed by atoms with Crippen LogP contribution in [0.1, 0.15) is 11.1 Å². The molecule has 0 aliphatic carbocycles. The lowest BCUT2D eigenvalue weighted by Gasteiger charge is -2.10. The monoisotopic (exact) mass is 280 g/mol. The third-order valence-electron chi connectivity index (χ3n) is 3.12. The Morgan fingerprint density at radius 1 is 1.00 bits per heavy atom. The number of rotatable bonds is 5. The van der Waals surface area contributed by atoms with Gasteiger partial charge in [-0.2, -0.15) is 0 Å². The molecule has 0 saturated heterocycles. The maximum Gasteiger partial charge on any atom is 0.142 e. The van der Waals surface area contributed by atoms with Gasteiger partial charge in [0.2, 0.25) is 0 Å². The van der Waals surface area contributed by atoms with Crippen molar-refractivity contribution in [2.45, 2.75) is 6.42 Å². The number of hydrogen-bond acceptors (Lipinski definition) is 3. The second-order valence-electron chi connectivity index (χ2n) is 4.62. The third-order valence-corrected chi connectivity index (χ3v) is 3.12. The van der Waals surface area contributed by atoms with Gasteiger partial charge in [0.1, 0.15) is 17.8 Å². The maximum atomic E-state index is 10.4. The minimum atomic E-state index is 0.0734. The second kappa shape index (κ2) is 6.57. The first-order valence-electron chi connectivity index (χ1n) is 6.53. The van der Waals surface area contributed by atoms with Gasteiger partial charge in [-0.15, -0.1) is 6.58 Å². The van der Waals surface area contributed by atoms with E-state index in [4.69, 9.17) is 0 Å². The highest BCUT2D eigenvalue weighted by Crippen LogP contribution is 2.36. The fourth-order valence-corrected chi connectivity index (χ4v) is 2.12. The van der Waals surface area contributed by atoms with Crippen LogP contribution in [-0.4, -0.2) is 16.5 Å². The highest BCUT2D eigenvalue weighted by molar-refractivity contribution is 5.80. The normalized spacial score (nSPS) is 10.7. The zero-order valence-corrected chi connectivity index (χ0v) is 11.5. The van der Waals surface area contributed by atoms with Crippen molar-refractivity contribution in [3.05, 3.63) is 66.3 Å². The molecule has 0 bridgehead atoms. The van der Waals surface area contributed by atoms with E-state index in [-0.39, 0.29) is 11.5 Å².